The highest BCUT2D eigenvalue weighted by atomic mass is 19.1. The van der Waals surface area contributed by atoms with Crippen molar-refractivity contribution in [2.75, 3.05) is 19.0 Å². The molecular formula is C18H19FN2O3. The fourth-order valence-electron chi connectivity index (χ4n) is 2.19. The first-order valence-corrected chi connectivity index (χ1v) is 7.48. The highest BCUT2D eigenvalue weighted by Gasteiger charge is 2.15. The van der Waals surface area contributed by atoms with Crippen LogP contribution in [0.1, 0.15) is 11.1 Å². The van der Waals surface area contributed by atoms with Crippen LogP contribution < -0.4 is 15.4 Å². The summed E-state index contributed by atoms with van der Waals surface area (Å²) in [6.07, 6.45) is 0.305. The van der Waals surface area contributed by atoms with Crippen LogP contribution in [0.2, 0.25) is 0 Å². The predicted octanol–water partition coefficient (Wildman–Crippen LogP) is 2.44. The molecule has 2 amide bonds. The van der Waals surface area contributed by atoms with Gasteiger partial charge in [-0.1, -0.05) is 24.3 Å². The van der Waals surface area contributed by atoms with E-state index in [4.69, 9.17) is 4.74 Å². The number of anilines is 1. The van der Waals surface area contributed by atoms with E-state index in [2.05, 4.69) is 10.6 Å². The molecule has 0 saturated carbocycles. The molecule has 0 aliphatic rings. The third kappa shape index (κ3) is 4.55. The summed E-state index contributed by atoms with van der Waals surface area (Å²) in [4.78, 5) is 23.8. The van der Waals surface area contributed by atoms with E-state index in [0.29, 0.717) is 23.4 Å². The zero-order valence-corrected chi connectivity index (χ0v) is 13.6. The van der Waals surface area contributed by atoms with Gasteiger partial charge in [0.25, 0.3) is 0 Å². The van der Waals surface area contributed by atoms with Gasteiger partial charge in [-0.05, 0) is 42.7 Å². The number of rotatable bonds is 5. The maximum atomic E-state index is 13.5. The van der Waals surface area contributed by atoms with Crippen molar-refractivity contribution in [3.05, 3.63) is 59.4 Å². The predicted molar refractivity (Wildman–Crippen MR) is 89.5 cm³/mol. The van der Waals surface area contributed by atoms with Gasteiger partial charge in [0.15, 0.2) is 0 Å². The Labute approximate surface area is 139 Å². The van der Waals surface area contributed by atoms with Gasteiger partial charge in [-0.25, -0.2) is 4.39 Å². The summed E-state index contributed by atoms with van der Waals surface area (Å²) in [5, 5.41) is 4.98. The molecule has 0 aliphatic heterocycles. The lowest BCUT2D eigenvalue weighted by molar-refractivity contribution is -0.136. The van der Waals surface area contributed by atoms with E-state index in [1.54, 1.807) is 30.3 Å². The molecule has 2 N–H and O–H groups in total. The fourth-order valence-corrected chi connectivity index (χ4v) is 2.19. The van der Waals surface area contributed by atoms with Gasteiger partial charge < -0.3 is 15.4 Å². The summed E-state index contributed by atoms with van der Waals surface area (Å²) in [6.45, 7) is 2.03. The van der Waals surface area contributed by atoms with Crippen molar-refractivity contribution in [3.8, 4) is 5.75 Å². The van der Waals surface area contributed by atoms with E-state index < -0.39 is 11.8 Å². The summed E-state index contributed by atoms with van der Waals surface area (Å²) >= 11 is 0. The summed E-state index contributed by atoms with van der Waals surface area (Å²) < 4.78 is 18.6. The molecule has 6 heteroatoms. The Balaban J connectivity index is 1.90. The van der Waals surface area contributed by atoms with Crippen LogP contribution in [0.25, 0.3) is 0 Å². The molecule has 0 aromatic heterocycles. The first-order chi connectivity index (χ1) is 11.5. The fraction of sp³-hybridized carbons (Fsp3) is 0.222. The smallest absolute Gasteiger partial charge is 0.313 e. The Morgan fingerprint density at radius 3 is 2.58 bits per heavy atom. The topological polar surface area (TPSA) is 67.4 Å². The molecule has 2 aromatic rings. The first-order valence-electron chi connectivity index (χ1n) is 7.48. The van der Waals surface area contributed by atoms with Crippen LogP contribution >= 0.6 is 0 Å². The molecule has 2 aromatic carbocycles. The number of halogens is 1. The Hall–Kier alpha value is -2.89. The average Bonchev–Trinajstić information content (AvgIpc) is 2.56. The van der Waals surface area contributed by atoms with E-state index in [-0.39, 0.29) is 12.4 Å². The average molecular weight is 330 g/mol. The van der Waals surface area contributed by atoms with Crippen molar-refractivity contribution in [2.24, 2.45) is 0 Å². The van der Waals surface area contributed by atoms with E-state index >= 15 is 0 Å². The van der Waals surface area contributed by atoms with Crippen LogP contribution in [0, 0.1) is 12.7 Å². The maximum absolute atomic E-state index is 13.5. The third-order valence-electron chi connectivity index (χ3n) is 3.45. The van der Waals surface area contributed by atoms with Crippen molar-refractivity contribution in [3.63, 3.8) is 0 Å². The third-order valence-corrected chi connectivity index (χ3v) is 3.45. The number of hydrogen-bond acceptors (Lipinski definition) is 3. The maximum Gasteiger partial charge on any atom is 0.313 e. The molecule has 126 valence electrons. The lowest BCUT2D eigenvalue weighted by Gasteiger charge is -2.11. The van der Waals surface area contributed by atoms with Crippen molar-refractivity contribution in [1.29, 1.82) is 0 Å². The summed E-state index contributed by atoms with van der Waals surface area (Å²) in [6, 6.07) is 11.6. The quantitative estimate of drug-likeness (QED) is 0.828. The summed E-state index contributed by atoms with van der Waals surface area (Å²) in [7, 11) is 1.48. The van der Waals surface area contributed by atoms with Crippen LogP contribution in [-0.2, 0) is 16.0 Å². The molecular weight excluding hydrogens is 311 g/mol. The molecule has 0 aliphatic carbocycles. The van der Waals surface area contributed by atoms with Crippen LogP contribution in [-0.4, -0.2) is 25.5 Å². The number of hydrogen-bond donors (Lipinski definition) is 2. The lowest BCUT2D eigenvalue weighted by Crippen LogP contribution is -2.36. The summed E-state index contributed by atoms with van der Waals surface area (Å²) in [5.74, 6) is -1.45. The molecule has 24 heavy (non-hydrogen) atoms. The number of ether oxygens (including phenoxy) is 1. The Kier molecular flexibility index (Phi) is 5.89. The second kappa shape index (κ2) is 8.10. The summed E-state index contributed by atoms with van der Waals surface area (Å²) in [5.41, 5.74) is 1.83. The number of carbonyl (C=O) groups excluding carboxylic acids is 2. The number of nitrogens with one attached hydrogen (secondary N) is 2. The van der Waals surface area contributed by atoms with Crippen LogP contribution in [0.5, 0.6) is 5.75 Å². The zero-order chi connectivity index (χ0) is 17.5. The van der Waals surface area contributed by atoms with Crippen LogP contribution in [0.4, 0.5) is 10.1 Å². The number of amides is 2. The molecule has 0 bridgehead atoms. The first kappa shape index (κ1) is 17.5. The molecule has 0 spiro atoms. The van der Waals surface area contributed by atoms with Crippen molar-refractivity contribution in [2.45, 2.75) is 13.3 Å². The molecule has 2 rings (SSSR count). The van der Waals surface area contributed by atoms with Gasteiger partial charge in [-0.2, -0.15) is 0 Å². The monoisotopic (exact) mass is 330 g/mol. The Bertz CT molecular complexity index is 747. The molecule has 0 saturated heterocycles. The number of aryl methyl sites for hydroxylation is 1. The van der Waals surface area contributed by atoms with Gasteiger partial charge in [0.05, 0.1) is 12.8 Å². The van der Waals surface area contributed by atoms with Crippen LogP contribution in [0.3, 0.4) is 0 Å². The lowest BCUT2D eigenvalue weighted by atomic mass is 10.1. The van der Waals surface area contributed by atoms with Crippen molar-refractivity contribution < 1.29 is 18.7 Å². The molecule has 0 fully saturated rings. The van der Waals surface area contributed by atoms with Gasteiger partial charge in [0.2, 0.25) is 0 Å². The van der Waals surface area contributed by atoms with Crippen LogP contribution in [0.15, 0.2) is 42.5 Å². The van der Waals surface area contributed by atoms with E-state index in [9.17, 15) is 14.0 Å². The molecule has 0 unspecified atom stereocenters. The minimum absolute atomic E-state index is 0.165. The SMILES string of the molecule is COc1ccc(C)cc1NC(=O)C(=O)NCCc1ccccc1F. The normalized spacial score (nSPS) is 10.1. The largest absolute Gasteiger partial charge is 0.495 e. The minimum atomic E-state index is -0.799. The second-order valence-corrected chi connectivity index (χ2v) is 5.26. The molecule has 0 heterocycles. The van der Waals surface area contributed by atoms with E-state index in [0.717, 1.165) is 5.56 Å². The number of methoxy groups -OCH3 is 1. The molecule has 0 atom stereocenters. The second-order valence-electron chi connectivity index (χ2n) is 5.26. The Morgan fingerprint density at radius 1 is 1.12 bits per heavy atom. The minimum Gasteiger partial charge on any atom is -0.495 e. The van der Waals surface area contributed by atoms with Gasteiger partial charge in [0, 0.05) is 6.54 Å². The molecule has 0 radical (unpaired) electrons. The highest BCUT2D eigenvalue weighted by Crippen LogP contribution is 2.24. The molecule has 5 nitrogen and oxygen atoms in total. The van der Waals surface area contributed by atoms with Gasteiger partial charge in [-0.3, -0.25) is 9.59 Å². The van der Waals surface area contributed by atoms with E-state index in [1.165, 1.54) is 13.2 Å². The Morgan fingerprint density at radius 2 is 1.88 bits per heavy atom. The van der Waals surface area contributed by atoms with Crippen molar-refractivity contribution >= 4 is 17.5 Å². The van der Waals surface area contributed by atoms with Gasteiger partial charge in [-0.15, -0.1) is 0 Å². The standard InChI is InChI=1S/C18H19FN2O3/c1-12-7-8-16(24-2)15(11-12)21-18(23)17(22)20-10-9-13-5-3-4-6-14(13)19/h3-8,11H,9-10H2,1-2H3,(H,20,22)(H,21,23). The van der Waals surface area contributed by atoms with E-state index in [1.807, 2.05) is 13.0 Å². The van der Waals surface area contributed by atoms with Gasteiger partial charge >= 0.3 is 11.8 Å². The zero-order valence-electron chi connectivity index (χ0n) is 13.6. The number of benzene rings is 2. The van der Waals surface area contributed by atoms with Crippen molar-refractivity contribution in [1.82, 2.24) is 5.32 Å². The highest BCUT2D eigenvalue weighted by molar-refractivity contribution is 6.39. The van der Waals surface area contributed by atoms with Gasteiger partial charge in [0.1, 0.15) is 11.6 Å². The number of carbonyl (C=O) groups is 2.